The lowest BCUT2D eigenvalue weighted by Crippen LogP contribution is -2.35. The van der Waals surface area contributed by atoms with E-state index in [0.29, 0.717) is 16.8 Å². The minimum Gasteiger partial charge on any atom is -0.453 e. The SMILES string of the molecule is CCN(C)S(=O)(=O)Nc1ccc(F)c(Oc2ccc3nc(C4CCC5(CCNCC5)C4)[nH]c(=O)c3c2)c1C#N. The molecule has 0 radical (unpaired) electrons. The molecule has 1 spiro atoms. The van der Waals surface area contributed by atoms with E-state index in [1.165, 1.54) is 13.1 Å². The van der Waals surface area contributed by atoms with E-state index in [2.05, 4.69) is 15.0 Å². The van der Waals surface area contributed by atoms with E-state index in [4.69, 9.17) is 9.72 Å². The van der Waals surface area contributed by atoms with Gasteiger partial charge in [-0.15, -0.1) is 0 Å². The topological polar surface area (TPSA) is 140 Å². The third-order valence-electron chi connectivity index (χ3n) is 7.98. The summed E-state index contributed by atoms with van der Waals surface area (Å²) in [5.74, 6) is -0.310. The Morgan fingerprint density at radius 3 is 2.74 bits per heavy atom. The number of nitrogens with one attached hydrogen (secondary N) is 3. The van der Waals surface area contributed by atoms with E-state index in [0.717, 1.165) is 61.6 Å². The number of hydrogen-bond acceptors (Lipinski definition) is 7. The molecule has 2 fully saturated rings. The van der Waals surface area contributed by atoms with Gasteiger partial charge in [0.15, 0.2) is 11.6 Å². The standard InChI is InChI=1S/C27H31FN6O4S/c1-3-34(2)39(36,37)33-23-7-5-21(28)24(20(23)16-29)38-18-4-6-22-19(14-18)26(35)32-25(31-22)17-8-9-27(15-17)10-12-30-13-11-27/h4-7,14,17,30,33H,3,8-13,15H2,1-2H3,(H,31,32,35). The Kier molecular flexibility index (Phi) is 7.33. The van der Waals surface area contributed by atoms with Gasteiger partial charge in [0.1, 0.15) is 23.2 Å². The molecule has 1 aliphatic heterocycles. The zero-order valence-corrected chi connectivity index (χ0v) is 22.7. The summed E-state index contributed by atoms with van der Waals surface area (Å²) in [6.45, 7) is 3.90. The average Bonchev–Trinajstić information content (AvgIpc) is 3.33. The first-order valence-electron chi connectivity index (χ1n) is 13.0. The molecule has 39 heavy (non-hydrogen) atoms. The molecule has 206 valence electrons. The van der Waals surface area contributed by atoms with Crippen molar-refractivity contribution in [1.82, 2.24) is 19.6 Å². The number of rotatable bonds is 7. The fraction of sp³-hybridized carbons (Fsp3) is 0.444. The number of benzene rings is 2. The fourth-order valence-electron chi connectivity index (χ4n) is 5.60. The van der Waals surface area contributed by atoms with Crippen molar-refractivity contribution < 1.29 is 17.5 Å². The highest BCUT2D eigenvalue weighted by Gasteiger charge is 2.41. The molecular formula is C27H31FN6O4S. The Morgan fingerprint density at radius 2 is 2.03 bits per heavy atom. The summed E-state index contributed by atoms with van der Waals surface area (Å²) in [5.41, 5.74) is 0.0494. The van der Waals surface area contributed by atoms with Crippen LogP contribution < -0.4 is 20.3 Å². The predicted octanol–water partition coefficient (Wildman–Crippen LogP) is 3.97. The fourth-order valence-corrected chi connectivity index (χ4v) is 6.55. The van der Waals surface area contributed by atoms with Crippen LogP contribution >= 0.6 is 0 Å². The quantitative estimate of drug-likeness (QED) is 0.401. The van der Waals surface area contributed by atoms with Crippen molar-refractivity contribution in [2.24, 2.45) is 5.41 Å². The molecule has 1 saturated heterocycles. The maximum Gasteiger partial charge on any atom is 0.301 e. The number of halogens is 1. The van der Waals surface area contributed by atoms with E-state index >= 15 is 0 Å². The van der Waals surface area contributed by atoms with Gasteiger partial charge in [0.2, 0.25) is 0 Å². The van der Waals surface area contributed by atoms with Crippen LogP contribution in [0.25, 0.3) is 10.9 Å². The highest BCUT2D eigenvalue weighted by Crippen LogP contribution is 2.50. The minimum absolute atomic E-state index is 0.109. The molecule has 2 aromatic carbocycles. The summed E-state index contributed by atoms with van der Waals surface area (Å²) >= 11 is 0. The number of ether oxygens (including phenoxy) is 1. The largest absolute Gasteiger partial charge is 0.453 e. The predicted molar refractivity (Wildman–Crippen MR) is 146 cm³/mol. The van der Waals surface area contributed by atoms with Crippen molar-refractivity contribution in [3.05, 3.63) is 57.9 Å². The third kappa shape index (κ3) is 5.34. The molecule has 1 aromatic heterocycles. The van der Waals surface area contributed by atoms with Gasteiger partial charge in [-0.25, -0.2) is 9.37 Å². The van der Waals surface area contributed by atoms with Crippen LogP contribution in [-0.2, 0) is 10.2 Å². The number of nitrogens with zero attached hydrogens (tertiary/aromatic N) is 3. The molecular weight excluding hydrogens is 523 g/mol. The van der Waals surface area contributed by atoms with Crippen LogP contribution in [0.1, 0.15) is 56.3 Å². The smallest absolute Gasteiger partial charge is 0.301 e. The molecule has 2 aliphatic rings. The first-order chi connectivity index (χ1) is 18.6. The van der Waals surface area contributed by atoms with Gasteiger partial charge in [-0.2, -0.15) is 18.0 Å². The van der Waals surface area contributed by atoms with Crippen LogP contribution in [0.4, 0.5) is 10.1 Å². The van der Waals surface area contributed by atoms with Crippen molar-refractivity contribution in [3.8, 4) is 17.6 Å². The second-order valence-electron chi connectivity index (χ2n) is 10.4. The van der Waals surface area contributed by atoms with E-state index < -0.39 is 21.8 Å². The van der Waals surface area contributed by atoms with Crippen LogP contribution in [-0.4, -0.2) is 49.4 Å². The van der Waals surface area contributed by atoms with Crippen LogP contribution in [0.15, 0.2) is 35.1 Å². The van der Waals surface area contributed by atoms with Gasteiger partial charge in [0, 0.05) is 19.5 Å². The molecule has 1 unspecified atom stereocenters. The maximum atomic E-state index is 14.8. The van der Waals surface area contributed by atoms with E-state index in [1.807, 2.05) is 6.07 Å². The average molecular weight is 555 g/mol. The van der Waals surface area contributed by atoms with Crippen LogP contribution in [0.5, 0.6) is 11.5 Å². The highest BCUT2D eigenvalue weighted by atomic mass is 32.2. The van der Waals surface area contributed by atoms with Crippen molar-refractivity contribution in [1.29, 1.82) is 5.26 Å². The van der Waals surface area contributed by atoms with Gasteiger partial charge in [0.25, 0.3) is 5.56 Å². The lowest BCUT2D eigenvalue weighted by molar-refractivity contribution is 0.206. The van der Waals surface area contributed by atoms with Gasteiger partial charge in [-0.3, -0.25) is 9.52 Å². The van der Waals surface area contributed by atoms with Gasteiger partial charge >= 0.3 is 10.2 Å². The summed E-state index contributed by atoms with van der Waals surface area (Å²) in [4.78, 5) is 20.7. The molecule has 12 heteroatoms. The van der Waals surface area contributed by atoms with Crippen LogP contribution in [0.3, 0.4) is 0 Å². The maximum absolute atomic E-state index is 14.8. The third-order valence-corrected chi connectivity index (χ3v) is 9.54. The lowest BCUT2D eigenvalue weighted by Gasteiger charge is -2.34. The first kappa shape index (κ1) is 27.1. The highest BCUT2D eigenvalue weighted by molar-refractivity contribution is 7.90. The van der Waals surface area contributed by atoms with E-state index in [1.54, 1.807) is 19.1 Å². The summed E-state index contributed by atoms with van der Waals surface area (Å²) in [5, 5.41) is 13.4. The number of hydrogen-bond donors (Lipinski definition) is 3. The molecule has 3 N–H and O–H groups in total. The number of fused-ring (bicyclic) bond motifs is 1. The summed E-state index contributed by atoms with van der Waals surface area (Å²) in [7, 11) is -2.58. The van der Waals surface area contributed by atoms with Crippen molar-refractivity contribution >= 4 is 26.8 Å². The van der Waals surface area contributed by atoms with Crippen molar-refractivity contribution in [2.45, 2.75) is 44.9 Å². The van der Waals surface area contributed by atoms with E-state index in [-0.39, 0.29) is 40.4 Å². The Morgan fingerprint density at radius 1 is 1.26 bits per heavy atom. The first-order valence-corrected chi connectivity index (χ1v) is 14.5. The van der Waals surface area contributed by atoms with Gasteiger partial charge in [-0.1, -0.05) is 6.92 Å². The normalized spacial score (nSPS) is 18.9. The molecule has 0 bridgehead atoms. The Bertz CT molecular complexity index is 1610. The number of piperidine rings is 1. The van der Waals surface area contributed by atoms with Gasteiger partial charge < -0.3 is 15.0 Å². The van der Waals surface area contributed by atoms with Crippen molar-refractivity contribution in [2.75, 3.05) is 31.4 Å². The molecule has 0 amide bonds. The number of H-pyrrole nitrogens is 1. The second-order valence-corrected chi connectivity index (χ2v) is 12.1. The molecule has 1 aliphatic carbocycles. The van der Waals surface area contributed by atoms with Crippen LogP contribution in [0.2, 0.25) is 0 Å². The summed E-state index contributed by atoms with van der Waals surface area (Å²) in [6.07, 6.45) is 5.40. The molecule has 10 nitrogen and oxygen atoms in total. The Balaban J connectivity index is 1.43. The number of aromatic nitrogens is 2. The van der Waals surface area contributed by atoms with Crippen LogP contribution in [0, 0.1) is 22.6 Å². The molecule has 1 saturated carbocycles. The number of anilines is 1. The van der Waals surface area contributed by atoms with Gasteiger partial charge in [-0.05, 0) is 80.9 Å². The van der Waals surface area contributed by atoms with Gasteiger partial charge in [0.05, 0.1) is 16.6 Å². The molecule has 1 atom stereocenters. The Hall–Kier alpha value is -3.53. The molecule has 3 aromatic rings. The zero-order valence-electron chi connectivity index (χ0n) is 21.9. The minimum atomic E-state index is -3.96. The van der Waals surface area contributed by atoms with Crippen molar-refractivity contribution in [3.63, 3.8) is 0 Å². The second kappa shape index (κ2) is 10.6. The van der Waals surface area contributed by atoms with E-state index in [9.17, 15) is 22.9 Å². The summed E-state index contributed by atoms with van der Waals surface area (Å²) in [6, 6.07) is 8.61. The molecule has 2 heterocycles. The lowest BCUT2D eigenvalue weighted by atomic mass is 9.77. The number of aromatic amines is 1. The number of nitriles is 1. The monoisotopic (exact) mass is 554 g/mol. The Labute approximate surface area is 226 Å². The summed E-state index contributed by atoms with van der Waals surface area (Å²) < 4.78 is 48.8. The molecule has 5 rings (SSSR count). The zero-order chi connectivity index (χ0) is 27.8.